The van der Waals surface area contributed by atoms with E-state index in [4.69, 9.17) is 5.73 Å². The van der Waals surface area contributed by atoms with Crippen LogP contribution in [-0.2, 0) is 4.79 Å². The molecule has 3 N–H and O–H groups in total. The van der Waals surface area contributed by atoms with Gasteiger partial charge in [-0.2, -0.15) is 0 Å². The van der Waals surface area contributed by atoms with Gasteiger partial charge < -0.3 is 11.1 Å². The van der Waals surface area contributed by atoms with Gasteiger partial charge in [-0.15, -0.1) is 0 Å². The molecule has 1 rings (SSSR count). The van der Waals surface area contributed by atoms with Gasteiger partial charge in [-0.05, 0) is 61.9 Å². The molecule has 0 saturated carbocycles. The quantitative estimate of drug-likeness (QED) is 0.825. The first-order valence-electron chi connectivity index (χ1n) is 6.91. The van der Waals surface area contributed by atoms with Crippen LogP contribution in [0, 0.1) is 19.3 Å². The Bertz CT molecular complexity index is 438. The fourth-order valence-corrected chi connectivity index (χ4v) is 2.01. The Labute approximate surface area is 116 Å². The van der Waals surface area contributed by atoms with Gasteiger partial charge in [0.15, 0.2) is 0 Å². The maximum Gasteiger partial charge on any atom is 0.224 e. The smallest absolute Gasteiger partial charge is 0.224 e. The molecule has 0 unspecified atom stereocenters. The van der Waals surface area contributed by atoms with Gasteiger partial charge >= 0.3 is 0 Å². The topological polar surface area (TPSA) is 55.1 Å². The third-order valence-electron chi connectivity index (χ3n) is 3.64. The van der Waals surface area contributed by atoms with E-state index in [1.54, 1.807) is 0 Å². The molecule has 0 aliphatic carbocycles. The van der Waals surface area contributed by atoms with Crippen LogP contribution in [0.5, 0.6) is 0 Å². The second-order valence-corrected chi connectivity index (χ2v) is 6.05. The zero-order valence-electron chi connectivity index (χ0n) is 12.5. The molecule has 0 aliphatic heterocycles. The van der Waals surface area contributed by atoms with Crippen LogP contribution in [0.25, 0.3) is 0 Å². The first-order valence-corrected chi connectivity index (χ1v) is 6.91. The standard InChI is InChI=1S/C16H26N2O/c1-12-5-6-14(11-13(12)2)18-15(19)7-8-16(3,4)9-10-17/h5-6,11H,7-10,17H2,1-4H3,(H,18,19). The third kappa shape index (κ3) is 5.43. The number of carbonyl (C=O) groups excluding carboxylic acids is 1. The predicted molar refractivity (Wildman–Crippen MR) is 81.2 cm³/mol. The predicted octanol–water partition coefficient (Wildman–Crippen LogP) is 3.40. The van der Waals surface area contributed by atoms with Crippen LogP contribution < -0.4 is 11.1 Å². The monoisotopic (exact) mass is 262 g/mol. The highest BCUT2D eigenvalue weighted by Crippen LogP contribution is 2.26. The molecular formula is C16H26N2O. The van der Waals surface area contributed by atoms with Gasteiger partial charge in [-0.3, -0.25) is 4.79 Å². The number of nitrogens with one attached hydrogen (secondary N) is 1. The van der Waals surface area contributed by atoms with Crippen LogP contribution in [0.3, 0.4) is 0 Å². The van der Waals surface area contributed by atoms with E-state index in [0.29, 0.717) is 13.0 Å². The van der Waals surface area contributed by atoms with E-state index in [1.807, 2.05) is 18.2 Å². The van der Waals surface area contributed by atoms with E-state index in [-0.39, 0.29) is 11.3 Å². The third-order valence-corrected chi connectivity index (χ3v) is 3.64. The lowest BCUT2D eigenvalue weighted by atomic mass is 9.84. The molecule has 1 aromatic carbocycles. The van der Waals surface area contributed by atoms with Crippen LogP contribution in [-0.4, -0.2) is 12.5 Å². The fourth-order valence-electron chi connectivity index (χ4n) is 2.01. The molecule has 1 amide bonds. The van der Waals surface area contributed by atoms with Crippen molar-refractivity contribution < 1.29 is 4.79 Å². The molecule has 0 fully saturated rings. The summed E-state index contributed by atoms with van der Waals surface area (Å²) in [6.45, 7) is 9.10. The lowest BCUT2D eigenvalue weighted by Crippen LogP contribution is -2.20. The van der Waals surface area contributed by atoms with E-state index in [0.717, 1.165) is 18.5 Å². The number of nitrogens with two attached hydrogens (primary N) is 1. The summed E-state index contributed by atoms with van der Waals surface area (Å²) in [5.74, 6) is 0.0772. The van der Waals surface area contributed by atoms with E-state index >= 15 is 0 Å². The Morgan fingerprint density at radius 2 is 1.89 bits per heavy atom. The summed E-state index contributed by atoms with van der Waals surface area (Å²) in [7, 11) is 0. The first-order chi connectivity index (χ1) is 8.84. The number of amides is 1. The molecule has 19 heavy (non-hydrogen) atoms. The Morgan fingerprint density at radius 3 is 2.47 bits per heavy atom. The zero-order valence-corrected chi connectivity index (χ0v) is 12.5. The summed E-state index contributed by atoms with van der Waals surface area (Å²) in [5, 5.41) is 2.95. The number of carbonyl (C=O) groups is 1. The molecule has 0 aromatic heterocycles. The zero-order chi connectivity index (χ0) is 14.5. The van der Waals surface area contributed by atoms with Crippen molar-refractivity contribution in [2.75, 3.05) is 11.9 Å². The molecular weight excluding hydrogens is 236 g/mol. The molecule has 3 heteroatoms. The molecule has 0 aliphatic rings. The van der Waals surface area contributed by atoms with E-state index < -0.39 is 0 Å². The molecule has 1 aromatic rings. The second kappa shape index (κ2) is 6.71. The SMILES string of the molecule is Cc1ccc(NC(=O)CCC(C)(C)CCN)cc1C. The number of aryl methyl sites for hydroxylation is 2. The van der Waals surface area contributed by atoms with Crippen molar-refractivity contribution >= 4 is 11.6 Å². The van der Waals surface area contributed by atoms with E-state index in [2.05, 4.69) is 33.0 Å². The average Bonchev–Trinajstić information content (AvgIpc) is 2.32. The van der Waals surface area contributed by atoms with Crippen LogP contribution >= 0.6 is 0 Å². The summed E-state index contributed by atoms with van der Waals surface area (Å²) in [4.78, 5) is 11.9. The van der Waals surface area contributed by atoms with E-state index in [1.165, 1.54) is 11.1 Å². The van der Waals surface area contributed by atoms with Gasteiger partial charge in [0.1, 0.15) is 0 Å². The highest BCUT2D eigenvalue weighted by Gasteiger charge is 2.18. The number of anilines is 1. The fraction of sp³-hybridized carbons (Fsp3) is 0.562. The number of hydrogen-bond donors (Lipinski definition) is 2. The van der Waals surface area contributed by atoms with Gasteiger partial charge in [0.2, 0.25) is 5.91 Å². The maximum absolute atomic E-state index is 11.9. The second-order valence-electron chi connectivity index (χ2n) is 6.05. The van der Waals surface area contributed by atoms with Crippen molar-refractivity contribution in [2.45, 2.75) is 47.0 Å². The minimum atomic E-state index is 0.0772. The molecule has 3 nitrogen and oxygen atoms in total. The Morgan fingerprint density at radius 1 is 1.21 bits per heavy atom. The van der Waals surface area contributed by atoms with E-state index in [9.17, 15) is 4.79 Å². The minimum Gasteiger partial charge on any atom is -0.330 e. The number of hydrogen-bond acceptors (Lipinski definition) is 2. The van der Waals surface area contributed by atoms with Gasteiger partial charge in [-0.25, -0.2) is 0 Å². The van der Waals surface area contributed by atoms with Crippen molar-refractivity contribution in [1.29, 1.82) is 0 Å². The summed E-state index contributed by atoms with van der Waals surface area (Å²) >= 11 is 0. The molecule has 106 valence electrons. The number of rotatable bonds is 6. The molecule has 0 atom stereocenters. The van der Waals surface area contributed by atoms with Crippen molar-refractivity contribution in [3.63, 3.8) is 0 Å². The highest BCUT2D eigenvalue weighted by atomic mass is 16.1. The van der Waals surface area contributed by atoms with Crippen molar-refractivity contribution in [2.24, 2.45) is 11.1 Å². The van der Waals surface area contributed by atoms with Gasteiger partial charge in [-0.1, -0.05) is 19.9 Å². The maximum atomic E-state index is 11.9. The van der Waals surface area contributed by atoms with Crippen molar-refractivity contribution in [3.8, 4) is 0 Å². The highest BCUT2D eigenvalue weighted by molar-refractivity contribution is 5.90. The van der Waals surface area contributed by atoms with Gasteiger partial charge in [0, 0.05) is 12.1 Å². The largest absolute Gasteiger partial charge is 0.330 e. The molecule has 0 saturated heterocycles. The lowest BCUT2D eigenvalue weighted by Gasteiger charge is -2.23. The Balaban J connectivity index is 2.49. The summed E-state index contributed by atoms with van der Waals surface area (Å²) in [6, 6.07) is 5.99. The summed E-state index contributed by atoms with van der Waals surface area (Å²) < 4.78 is 0. The lowest BCUT2D eigenvalue weighted by molar-refractivity contribution is -0.116. The molecule has 0 radical (unpaired) electrons. The minimum absolute atomic E-state index is 0.0772. The van der Waals surface area contributed by atoms with Crippen molar-refractivity contribution in [1.82, 2.24) is 0 Å². The molecule has 0 heterocycles. The molecule has 0 spiro atoms. The first kappa shape index (κ1) is 15.7. The normalized spacial score (nSPS) is 11.4. The Hall–Kier alpha value is -1.35. The van der Waals surface area contributed by atoms with Crippen LogP contribution in [0.1, 0.15) is 44.2 Å². The van der Waals surface area contributed by atoms with Crippen molar-refractivity contribution in [3.05, 3.63) is 29.3 Å². The summed E-state index contributed by atoms with van der Waals surface area (Å²) in [6.07, 6.45) is 2.35. The van der Waals surface area contributed by atoms with Crippen LogP contribution in [0.2, 0.25) is 0 Å². The summed E-state index contributed by atoms with van der Waals surface area (Å²) in [5.41, 5.74) is 9.02. The van der Waals surface area contributed by atoms with Crippen LogP contribution in [0.4, 0.5) is 5.69 Å². The average molecular weight is 262 g/mol. The number of benzene rings is 1. The Kier molecular flexibility index (Phi) is 5.55. The van der Waals surface area contributed by atoms with Gasteiger partial charge in [0.25, 0.3) is 0 Å². The van der Waals surface area contributed by atoms with Gasteiger partial charge in [0.05, 0.1) is 0 Å². The molecule has 0 bridgehead atoms. The van der Waals surface area contributed by atoms with Crippen LogP contribution in [0.15, 0.2) is 18.2 Å².